The molecule has 2 aromatic carbocycles. The molecule has 0 amide bonds. The molecular weight excluding hydrogens is 278 g/mol. The molecular formula is C18H17NO3. The van der Waals surface area contributed by atoms with Gasteiger partial charge < -0.3 is 9.84 Å². The fourth-order valence-electron chi connectivity index (χ4n) is 1.81. The van der Waals surface area contributed by atoms with Gasteiger partial charge in [-0.3, -0.25) is 0 Å². The molecule has 2 aromatic rings. The number of aliphatic hydroxyl groups excluding tert-OH is 1. The molecule has 0 atom stereocenters. The molecule has 112 valence electrons. The molecule has 0 bridgehead atoms. The van der Waals surface area contributed by atoms with Crippen molar-refractivity contribution in [2.75, 3.05) is 6.61 Å². The van der Waals surface area contributed by atoms with Gasteiger partial charge in [-0.05, 0) is 19.1 Å². The molecule has 0 saturated carbocycles. The van der Waals surface area contributed by atoms with Gasteiger partial charge >= 0.3 is 5.97 Å². The second-order valence-corrected chi connectivity index (χ2v) is 4.45. The largest absolute Gasteiger partial charge is 0.507 e. The van der Waals surface area contributed by atoms with Gasteiger partial charge in [-0.15, -0.1) is 0 Å². The number of ether oxygens (including phenoxy) is 1. The highest BCUT2D eigenvalue weighted by atomic mass is 16.5. The van der Waals surface area contributed by atoms with Crippen LogP contribution < -0.4 is 0 Å². The number of esters is 1. The average molecular weight is 295 g/mol. The molecule has 0 radical (unpaired) electrons. The first-order chi connectivity index (χ1) is 10.7. The monoisotopic (exact) mass is 295 g/mol. The van der Waals surface area contributed by atoms with E-state index in [1.165, 1.54) is 6.08 Å². The maximum Gasteiger partial charge on any atom is 0.357 e. The van der Waals surface area contributed by atoms with E-state index >= 15 is 0 Å². The molecule has 2 rings (SSSR count). The van der Waals surface area contributed by atoms with E-state index in [2.05, 4.69) is 4.99 Å². The van der Waals surface area contributed by atoms with Gasteiger partial charge in [-0.2, -0.15) is 0 Å². The third kappa shape index (κ3) is 4.31. The van der Waals surface area contributed by atoms with Crippen LogP contribution in [0.25, 0.3) is 5.76 Å². The second kappa shape index (κ2) is 7.78. The zero-order valence-corrected chi connectivity index (χ0v) is 12.3. The number of aliphatic hydroxyl groups is 1. The summed E-state index contributed by atoms with van der Waals surface area (Å²) < 4.78 is 4.99. The molecule has 0 unspecified atom stereocenters. The minimum Gasteiger partial charge on any atom is -0.507 e. The van der Waals surface area contributed by atoms with Gasteiger partial charge in [-0.1, -0.05) is 48.5 Å². The molecule has 22 heavy (non-hydrogen) atoms. The van der Waals surface area contributed by atoms with Crippen LogP contribution in [0.3, 0.4) is 0 Å². The first-order valence-corrected chi connectivity index (χ1v) is 6.97. The lowest BCUT2D eigenvalue weighted by Gasteiger charge is -2.04. The predicted molar refractivity (Wildman–Crippen MR) is 87.2 cm³/mol. The van der Waals surface area contributed by atoms with E-state index in [0.29, 0.717) is 11.3 Å². The van der Waals surface area contributed by atoms with Crippen molar-refractivity contribution in [3.8, 4) is 0 Å². The number of hydrogen-bond acceptors (Lipinski definition) is 4. The molecule has 1 N–H and O–H groups in total. The van der Waals surface area contributed by atoms with Gasteiger partial charge in [0.15, 0.2) is 5.71 Å². The van der Waals surface area contributed by atoms with Crippen molar-refractivity contribution in [3.05, 3.63) is 72.3 Å². The van der Waals surface area contributed by atoms with Crippen molar-refractivity contribution < 1.29 is 14.6 Å². The smallest absolute Gasteiger partial charge is 0.357 e. The first-order valence-electron chi connectivity index (χ1n) is 6.97. The quantitative estimate of drug-likeness (QED) is 0.516. The van der Waals surface area contributed by atoms with Crippen molar-refractivity contribution in [2.24, 2.45) is 4.99 Å². The van der Waals surface area contributed by atoms with E-state index in [1.54, 1.807) is 43.3 Å². The number of nitrogens with zero attached hydrogens (tertiary/aromatic N) is 1. The molecule has 0 aromatic heterocycles. The summed E-state index contributed by atoms with van der Waals surface area (Å²) in [6, 6.07) is 18.0. The Hall–Kier alpha value is -2.88. The number of benzene rings is 2. The summed E-state index contributed by atoms with van der Waals surface area (Å²) in [6.07, 6.45) is 1.32. The van der Waals surface area contributed by atoms with E-state index in [0.717, 1.165) is 0 Å². The molecule has 4 nitrogen and oxygen atoms in total. The van der Waals surface area contributed by atoms with Gasteiger partial charge in [0.1, 0.15) is 5.76 Å². The third-order valence-electron chi connectivity index (χ3n) is 2.83. The molecule has 0 aliphatic carbocycles. The van der Waals surface area contributed by atoms with Crippen molar-refractivity contribution in [1.82, 2.24) is 0 Å². The summed E-state index contributed by atoms with van der Waals surface area (Å²) in [6.45, 7) is 1.96. The standard InChI is InChI=1S/C18H17NO3/c1-2-22-18(21)16(19-15-11-7-4-8-12-15)13-17(20)14-9-5-3-6-10-14/h3-13,20H,2H2,1H3/b17-13-,19-16-. The van der Waals surface area contributed by atoms with E-state index in [9.17, 15) is 9.90 Å². The second-order valence-electron chi connectivity index (χ2n) is 4.45. The predicted octanol–water partition coefficient (Wildman–Crippen LogP) is 3.92. The topological polar surface area (TPSA) is 58.9 Å². The van der Waals surface area contributed by atoms with Crippen LogP contribution in [0, 0.1) is 0 Å². The maximum atomic E-state index is 12.0. The van der Waals surface area contributed by atoms with Gasteiger partial charge in [-0.25, -0.2) is 9.79 Å². The summed E-state index contributed by atoms with van der Waals surface area (Å²) in [5, 5.41) is 10.2. The Bertz CT molecular complexity index is 676. The number of rotatable bonds is 5. The molecule has 0 saturated heterocycles. The minimum absolute atomic E-state index is 0.0386. The Morgan fingerprint density at radius 2 is 1.68 bits per heavy atom. The Labute approximate surface area is 129 Å². The fraction of sp³-hybridized carbons (Fsp3) is 0.111. The van der Waals surface area contributed by atoms with Crippen LogP contribution in [0.4, 0.5) is 5.69 Å². The summed E-state index contributed by atoms with van der Waals surface area (Å²) >= 11 is 0. The number of aliphatic imine (C=N–C) groups is 1. The molecule has 4 heteroatoms. The van der Waals surface area contributed by atoms with Gasteiger partial charge in [0.05, 0.1) is 12.3 Å². The van der Waals surface area contributed by atoms with E-state index < -0.39 is 5.97 Å². The molecule has 0 heterocycles. The van der Waals surface area contributed by atoms with Crippen molar-refractivity contribution >= 4 is 23.1 Å². The zero-order chi connectivity index (χ0) is 15.8. The lowest BCUT2D eigenvalue weighted by Crippen LogP contribution is -2.15. The number of carbonyl (C=O) groups is 1. The minimum atomic E-state index is -0.575. The Balaban J connectivity index is 2.37. The van der Waals surface area contributed by atoms with Crippen LogP contribution in [0.5, 0.6) is 0 Å². The SMILES string of the molecule is CCOC(=O)C(/C=C(\O)c1ccccc1)=N\c1ccccc1. The summed E-state index contributed by atoms with van der Waals surface area (Å²) in [5.74, 6) is -0.614. The average Bonchev–Trinajstić information content (AvgIpc) is 2.56. The van der Waals surface area contributed by atoms with Crippen LogP contribution in [0.1, 0.15) is 12.5 Å². The Morgan fingerprint density at radius 3 is 2.27 bits per heavy atom. The highest BCUT2D eigenvalue weighted by Gasteiger charge is 2.12. The Kier molecular flexibility index (Phi) is 5.49. The molecule has 0 aliphatic rings. The van der Waals surface area contributed by atoms with E-state index in [4.69, 9.17) is 4.74 Å². The van der Waals surface area contributed by atoms with Crippen LogP contribution in [-0.4, -0.2) is 23.4 Å². The van der Waals surface area contributed by atoms with Crippen molar-refractivity contribution in [1.29, 1.82) is 0 Å². The molecule has 0 aliphatic heterocycles. The van der Waals surface area contributed by atoms with Crippen molar-refractivity contribution in [3.63, 3.8) is 0 Å². The highest BCUT2D eigenvalue weighted by molar-refractivity contribution is 6.42. The number of carbonyl (C=O) groups excluding carboxylic acids is 1. The summed E-state index contributed by atoms with van der Waals surface area (Å²) in [5.41, 5.74) is 1.27. The lowest BCUT2D eigenvalue weighted by molar-refractivity contribution is -0.134. The third-order valence-corrected chi connectivity index (χ3v) is 2.83. The molecule has 0 fully saturated rings. The number of para-hydroxylation sites is 1. The van der Waals surface area contributed by atoms with Gasteiger partial charge in [0, 0.05) is 11.6 Å². The maximum absolute atomic E-state index is 12.0. The van der Waals surface area contributed by atoms with Crippen LogP contribution in [0.2, 0.25) is 0 Å². The van der Waals surface area contributed by atoms with Gasteiger partial charge in [0.25, 0.3) is 0 Å². The van der Waals surface area contributed by atoms with Crippen LogP contribution >= 0.6 is 0 Å². The lowest BCUT2D eigenvalue weighted by atomic mass is 10.1. The van der Waals surface area contributed by atoms with Crippen LogP contribution in [-0.2, 0) is 9.53 Å². The fourth-order valence-corrected chi connectivity index (χ4v) is 1.81. The normalized spacial score (nSPS) is 12.0. The summed E-state index contributed by atoms with van der Waals surface area (Å²) in [4.78, 5) is 16.3. The Morgan fingerprint density at radius 1 is 1.09 bits per heavy atom. The van der Waals surface area contributed by atoms with E-state index in [-0.39, 0.29) is 18.1 Å². The van der Waals surface area contributed by atoms with Crippen LogP contribution in [0.15, 0.2) is 71.7 Å². The number of hydrogen-bond donors (Lipinski definition) is 1. The highest BCUT2D eigenvalue weighted by Crippen LogP contribution is 2.14. The summed E-state index contributed by atoms with van der Waals surface area (Å²) in [7, 11) is 0. The zero-order valence-electron chi connectivity index (χ0n) is 12.3. The first kappa shape index (κ1) is 15.5. The van der Waals surface area contributed by atoms with E-state index in [1.807, 2.05) is 24.3 Å². The molecule has 0 spiro atoms. The van der Waals surface area contributed by atoms with Crippen molar-refractivity contribution in [2.45, 2.75) is 6.92 Å². The van der Waals surface area contributed by atoms with Gasteiger partial charge in [0.2, 0.25) is 0 Å².